The maximum absolute atomic E-state index is 11.6. The first kappa shape index (κ1) is 12.4. The number of nitrogens with zero attached hydrogens (tertiary/aromatic N) is 2. The number of ether oxygens (including phenoxy) is 1. The molecule has 2 heterocycles. The van der Waals surface area contributed by atoms with Crippen LogP contribution in [0.1, 0.15) is 20.8 Å². The quantitative estimate of drug-likeness (QED) is 0.814. The van der Waals surface area contributed by atoms with E-state index in [2.05, 4.69) is 4.98 Å². The predicted molar refractivity (Wildman–Crippen MR) is 70.2 cm³/mol. The molecule has 0 saturated carbocycles. The summed E-state index contributed by atoms with van der Waals surface area (Å²) in [5.74, 6) is 0.551. The number of hydrogen-bond donors (Lipinski definition) is 0. The summed E-state index contributed by atoms with van der Waals surface area (Å²) < 4.78 is 7.16. The van der Waals surface area contributed by atoms with Gasteiger partial charge < -0.3 is 4.74 Å². The minimum Gasteiger partial charge on any atom is -0.472 e. The summed E-state index contributed by atoms with van der Waals surface area (Å²) in [6, 6.07) is 8.61. The highest BCUT2D eigenvalue weighted by molar-refractivity contribution is 5.31. The topological polar surface area (TPSA) is 44.1 Å². The minimum absolute atomic E-state index is 0.0798. The Labute approximate surface area is 106 Å². The summed E-state index contributed by atoms with van der Waals surface area (Å²) in [5, 5.41) is 0. The Morgan fingerprint density at radius 2 is 1.94 bits per heavy atom. The highest BCUT2D eigenvalue weighted by Gasteiger charge is 2.12. The monoisotopic (exact) mass is 244 g/mol. The lowest BCUT2D eigenvalue weighted by Gasteiger charge is -2.20. The van der Waals surface area contributed by atoms with Crippen LogP contribution in [0, 0.1) is 0 Å². The lowest BCUT2D eigenvalue weighted by atomic mass is 10.2. The van der Waals surface area contributed by atoms with Crippen molar-refractivity contribution in [3.63, 3.8) is 0 Å². The molecule has 0 spiro atoms. The van der Waals surface area contributed by atoms with Gasteiger partial charge in [0.25, 0.3) is 5.56 Å². The number of rotatable bonds is 2. The van der Waals surface area contributed by atoms with Gasteiger partial charge >= 0.3 is 0 Å². The fraction of sp³-hybridized carbons (Fsp3) is 0.286. The Morgan fingerprint density at radius 1 is 1.17 bits per heavy atom. The maximum Gasteiger partial charge on any atom is 0.255 e. The molecular formula is C14H16N2O2. The largest absolute Gasteiger partial charge is 0.472 e. The fourth-order valence-corrected chi connectivity index (χ4v) is 1.53. The normalized spacial score (nSPS) is 11.3. The molecule has 0 aliphatic carbocycles. The van der Waals surface area contributed by atoms with Gasteiger partial charge in [0, 0.05) is 18.3 Å². The van der Waals surface area contributed by atoms with Gasteiger partial charge in [-0.1, -0.05) is 6.07 Å². The fourth-order valence-electron chi connectivity index (χ4n) is 1.53. The van der Waals surface area contributed by atoms with Crippen LogP contribution in [0.3, 0.4) is 0 Å². The Kier molecular flexibility index (Phi) is 3.19. The van der Waals surface area contributed by atoms with Gasteiger partial charge in [0.2, 0.25) is 5.88 Å². The summed E-state index contributed by atoms with van der Waals surface area (Å²) in [6.45, 7) is 5.89. The minimum atomic E-state index is -0.280. The van der Waals surface area contributed by atoms with Crippen molar-refractivity contribution in [2.24, 2.45) is 0 Å². The van der Waals surface area contributed by atoms with Crippen LogP contribution in [-0.2, 0) is 0 Å². The lowest BCUT2D eigenvalue weighted by Crippen LogP contribution is -2.23. The second-order valence-corrected chi connectivity index (χ2v) is 4.98. The Morgan fingerprint density at radius 3 is 2.50 bits per heavy atom. The van der Waals surface area contributed by atoms with E-state index in [-0.39, 0.29) is 11.2 Å². The molecule has 0 aliphatic rings. The van der Waals surface area contributed by atoms with Crippen LogP contribution in [0.25, 0.3) is 5.69 Å². The molecule has 2 aromatic rings. The van der Waals surface area contributed by atoms with Crippen molar-refractivity contribution in [1.29, 1.82) is 0 Å². The van der Waals surface area contributed by atoms with E-state index in [9.17, 15) is 4.79 Å². The number of aromatic nitrogens is 2. The third kappa shape index (κ3) is 2.97. The molecule has 0 saturated heterocycles. The standard InChI is InChI=1S/C14H16N2O2/c1-14(2,3)18-12-8-7-11(10-15-12)16-9-5-4-6-13(16)17/h4-10H,1-3H3. The molecule has 2 rings (SSSR count). The van der Waals surface area contributed by atoms with Crippen LogP contribution in [0.4, 0.5) is 0 Å². The molecule has 4 heteroatoms. The molecule has 0 amide bonds. The molecule has 0 aromatic carbocycles. The molecule has 0 aliphatic heterocycles. The molecule has 0 atom stereocenters. The molecular weight excluding hydrogens is 228 g/mol. The van der Waals surface area contributed by atoms with E-state index >= 15 is 0 Å². The highest BCUT2D eigenvalue weighted by atomic mass is 16.5. The van der Waals surface area contributed by atoms with Gasteiger partial charge in [0.05, 0.1) is 11.9 Å². The zero-order chi connectivity index (χ0) is 13.2. The zero-order valence-corrected chi connectivity index (χ0v) is 10.8. The average Bonchev–Trinajstić information content (AvgIpc) is 2.29. The zero-order valence-electron chi connectivity index (χ0n) is 10.8. The van der Waals surface area contributed by atoms with Crippen LogP contribution >= 0.6 is 0 Å². The van der Waals surface area contributed by atoms with Gasteiger partial charge in [-0.3, -0.25) is 9.36 Å². The van der Waals surface area contributed by atoms with E-state index in [1.54, 1.807) is 30.6 Å². The summed E-state index contributed by atoms with van der Waals surface area (Å²) in [6.07, 6.45) is 3.34. The van der Waals surface area contributed by atoms with E-state index in [4.69, 9.17) is 4.74 Å². The van der Waals surface area contributed by atoms with Crippen LogP contribution < -0.4 is 10.3 Å². The van der Waals surface area contributed by atoms with E-state index in [0.717, 1.165) is 5.69 Å². The van der Waals surface area contributed by atoms with Gasteiger partial charge in [0.15, 0.2) is 0 Å². The van der Waals surface area contributed by atoms with Crippen molar-refractivity contribution >= 4 is 0 Å². The SMILES string of the molecule is CC(C)(C)Oc1ccc(-n2ccccc2=O)cn1. The Bertz CT molecular complexity index is 580. The molecule has 0 N–H and O–H groups in total. The molecule has 0 bridgehead atoms. The summed E-state index contributed by atoms with van der Waals surface area (Å²) in [5.41, 5.74) is 0.364. The molecule has 4 nitrogen and oxygen atoms in total. The van der Waals surface area contributed by atoms with E-state index in [0.29, 0.717) is 5.88 Å². The van der Waals surface area contributed by atoms with Crippen LogP contribution in [-0.4, -0.2) is 15.2 Å². The van der Waals surface area contributed by atoms with Crippen LogP contribution in [0.15, 0.2) is 47.5 Å². The Balaban J connectivity index is 2.29. The van der Waals surface area contributed by atoms with Crippen LogP contribution in [0.2, 0.25) is 0 Å². The van der Waals surface area contributed by atoms with Crippen molar-refractivity contribution in [1.82, 2.24) is 9.55 Å². The summed E-state index contributed by atoms with van der Waals surface area (Å²) >= 11 is 0. The van der Waals surface area contributed by atoms with Crippen molar-refractivity contribution in [2.75, 3.05) is 0 Å². The molecule has 18 heavy (non-hydrogen) atoms. The molecule has 0 unspecified atom stereocenters. The van der Waals surface area contributed by atoms with Crippen molar-refractivity contribution in [2.45, 2.75) is 26.4 Å². The van der Waals surface area contributed by atoms with Gasteiger partial charge in [-0.2, -0.15) is 0 Å². The highest BCUT2D eigenvalue weighted by Crippen LogP contribution is 2.16. The van der Waals surface area contributed by atoms with Gasteiger partial charge in [-0.25, -0.2) is 4.98 Å². The van der Waals surface area contributed by atoms with Crippen molar-refractivity contribution < 1.29 is 4.74 Å². The summed E-state index contributed by atoms with van der Waals surface area (Å²) in [4.78, 5) is 15.8. The maximum atomic E-state index is 11.6. The molecule has 94 valence electrons. The molecule has 0 radical (unpaired) electrons. The second kappa shape index (κ2) is 4.64. The number of hydrogen-bond acceptors (Lipinski definition) is 3. The summed E-state index contributed by atoms with van der Waals surface area (Å²) in [7, 11) is 0. The van der Waals surface area contributed by atoms with E-state index in [1.165, 1.54) is 10.6 Å². The first-order valence-corrected chi connectivity index (χ1v) is 5.79. The average molecular weight is 244 g/mol. The van der Waals surface area contributed by atoms with Gasteiger partial charge in [0.1, 0.15) is 5.60 Å². The first-order valence-electron chi connectivity index (χ1n) is 5.79. The smallest absolute Gasteiger partial charge is 0.255 e. The number of pyridine rings is 2. The van der Waals surface area contributed by atoms with Gasteiger partial charge in [-0.05, 0) is 32.9 Å². The van der Waals surface area contributed by atoms with Crippen molar-refractivity contribution in [3.05, 3.63) is 53.1 Å². The first-order chi connectivity index (χ1) is 8.46. The van der Waals surface area contributed by atoms with E-state index < -0.39 is 0 Å². The third-order valence-corrected chi connectivity index (χ3v) is 2.23. The van der Waals surface area contributed by atoms with Crippen LogP contribution in [0.5, 0.6) is 5.88 Å². The third-order valence-electron chi connectivity index (χ3n) is 2.23. The van der Waals surface area contributed by atoms with Gasteiger partial charge in [-0.15, -0.1) is 0 Å². The van der Waals surface area contributed by atoms with Crippen molar-refractivity contribution in [3.8, 4) is 11.6 Å². The molecule has 2 aromatic heterocycles. The lowest BCUT2D eigenvalue weighted by molar-refractivity contribution is 0.124. The Hall–Kier alpha value is -2.10. The predicted octanol–water partition coefficient (Wildman–Crippen LogP) is 2.41. The second-order valence-electron chi connectivity index (χ2n) is 4.98. The molecule has 0 fully saturated rings. The van der Waals surface area contributed by atoms with E-state index in [1.807, 2.05) is 26.8 Å².